The summed E-state index contributed by atoms with van der Waals surface area (Å²) in [7, 11) is 1.47. The van der Waals surface area contributed by atoms with Gasteiger partial charge in [-0.1, -0.05) is 6.07 Å². The molecule has 0 spiro atoms. The predicted octanol–water partition coefficient (Wildman–Crippen LogP) is 2.41. The number of aromatic nitrogens is 1. The summed E-state index contributed by atoms with van der Waals surface area (Å²) in [5.74, 6) is -0.119. The second-order valence-corrected chi connectivity index (χ2v) is 6.69. The van der Waals surface area contributed by atoms with Crippen molar-refractivity contribution < 1.29 is 24.2 Å². The molecule has 5 rings (SSSR count). The number of phenols is 1. The van der Waals surface area contributed by atoms with Crippen LogP contribution in [0.3, 0.4) is 0 Å². The second-order valence-electron chi connectivity index (χ2n) is 6.69. The van der Waals surface area contributed by atoms with Crippen molar-refractivity contribution in [1.82, 2.24) is 10.3 Å². The summed E-state index contributed by atoms with van der Waals surface area (Å²) in [6.07, 6.45) is 1.09. The highest BCUT2D eigenvalue weighted by molar-refractivity contribution is 6.13. The van der Waals surface area contributed by atoms with E-state index in [1.54, 1.807) is 18.3 Å². The maximum absolute atomic E-state index is 12.9. The van der Waals surface area contributed by atoms with Gasteiger partial charge in [0.25, 0.3) is 0 Å². The smallest absolute Gasteiger partial charge is 0.232 e. The normalized spacial score (nSPS) is 20.8. The van der Waals surface area contributed by atoms with E-state index in [1.165, 1.54) is 13.2 Å². The van der Waals surface area contributed by atoms with Crippen LogP contribution in [0.2, 0.25) is 0 Å². The van der Waals surface area contributed by atoms with Crippen LogP contribution in [0.1, 0.15) is 33.5 Å². The molecule has 0 aliphatic carbocycles. The van der Waals surface area contributed by atoms with Crippen LogP contribution in [0.4, 0.5) is 0 Å². The van der Waals surface area contributed by atoms with Crippen molar-refractivity contribution in [2.75, 3.05) is 13.7 Å². The molecule has 2 atom stereocenters. The van der Waals surface area contributed by atoms with E-state index in [1.807, 2.05) is 12.1 Å². The molecule has 0 saturated carbocycles. The number of aromatic hydroxyl groups is 1. The van der Waals surface area contributed by atoms with Crippen LogP contribution in [0.15, 0.2) is 36.5 Å². The molecule has 0 unspecified atom stereocenters. The number of phenolic OH excluding ortho intramolecular Hbond substituents is 1. The zero-order chi connectivity index (χ0) is 18.7. The average Bonchev–Trinajstić information content (AvgIpc) is 3.26. The van der Waals surface area contributed by atoms with Gasteiger partial charge in [0.15, 0.2) is 17.3 Å². The minimum atomic E-state index is -0.611. The number of methoxy groups -OCH3 is 1. The Morgan fingerprint density at radius 3 is 2.89 bits per heavy atom. The maximum atomic E-state index is 12.9. The number of benzene rings is 2. The first-order chi connectivity index (χ1) is 13.1. The molecule has 0 fully saturated rings. The fourth-order valence-electron chi connectivity index (χ4n) is 3.99. The fourth-order valence-corrected chi connectivity index (χ4v) is 3.99. The Hall–Kier alpha value is -3.48. The highest BCUT2D eigenvalue weighted by Crippen LogP contribution is 2.51. The molecular weight excluding hydrogens is 348 g/mol. The molecule has 0 bridgehead atoms. The summed E-state index contributed by atoms with van der Waals surface area (Å²) >= 11 is 0. The number of carbonyl (C=O) groups is 2. The topological polar surface area (TPSA) is 101 Å². The molecule has 136 valence electrons. The maximum Gasteiger partial charge on any atom is 0.232 e. The van der Waals surface area contributed by atoms with Crippen LogP contribution in [0.5, 0.6) is 17.2 Å². The average molecular weight is 364 g/mol. The predicted molar refractivity (Wildman–Crippen MR) is 96.4 cm³/mol. The highest BCUT2D eigenvalue weighted by Gasteiger charge is 2.44. The fraction of sp³-hybridized carbons (Fsp3) is 0.200. The number of H-pyrrole nitrogens is 1. The number of ether oxygens (including phenoxy) is 2. The quantitative estimate of drug-likeness (QED) is 0.648. The number of aromatic amines is 1. The molecule has 3 aromatic rings. The number of ketones is 1. The number of hydrogen-bond donors (Lipinski definition) is 3. The Bertz CT molecular complexity index is 1120. The van der Waals surface area contributed by atoms with E-state index >= 15 is 0 Å². The van der Waals surface area contributed by atoms with E-state index in [4.69, 9.17) is 9.47 Å². The van der Waals surface area contributed by atoms with Crippen molar-refractivity contribution in [3.8, 4) is 17.2 Å². The monoisotopic (exact) mass is 364 g/mol. The lowest BCUT2D eigenvalue weighted by molar-refractivity contribution is -0.123. The third-order valence-electron chi connectivity index (χ3n) is 5.25. The Labute approximate surface area is 153 Å². The molecule has 1 aromatic heterocycles. The third-order valence-corrected chi connectivity index (χ3v) is 5.25. The number of rotatable bonds is 2. The molecule has 2 aromatic carbocycles. The van der Waals surface area contributed by atoms with Crippen molar-refractivity contribution in [2.45, 2.75) is 12.0 Å². The Morgan fingerprint density at radius 2 is 2.07 bits per heavy atom. The van der Waals surface area contributed by atoms with Gasteiger partial charge in [-0.2, -0.15) is 0 Å². The van der Waals surface area contributed by atoms with Crippen LogP contribution < -0.4 is 14.8 Å². The Balaban J connectivity index is 1.74. The van der Waals surface area contributed by atoms with Gasteiger partial charge in [-0.25, -0.2) is 0 Å². The van der Waals surface area contributed by atoms with E-state index < -0.39 is 12.0 Å². The number of amides is 1. The summed E-state index contributed by atoms with van der Waals surface area (Å²) in [5.41, 5.74) is 2.77. The van der Waals surface area contributed by atoms with Gasteiger partial charge < -0.3 is 24.9 Å². The molecule has 0 radical (unpaired) electrons. The molecule has 2 aliphatic heterocycles. The minimum Gasteiger partial charge on any atom is -0.504 e. The standard InChI is InChI=1S/C20H16N2O5/c1-26-15-6-9(2-4-12(15)23)19-18-17-14(27-19)5-3-11-16(17)10(7-21-11)13(24)8-22-20(18)25/h2-7,18-19,21,23H,8H2,1H3,(H,22,25)/t18-,19-/m1/s1. The molecule has 27 heavy (non-hydrogen) atoms. The third kappa shape index (κ3) is 2.14. The Kier molecular flexibility index (Phi) is 3.21. The minimum absolute atomic E-state index is 0.0137. The number of hydrogen-bond acceptors (Lipinski definition) is 5. The molecular formula is C20H16N2O5. The first-order valence-electron chi connectivity index (χ1n) is 8.57. The summed E-state index contributed by atoms with van der Waals surface area (Å²) < 4.78 is 11.3. The van der Waals surface area contributed by atoms with Crippen molar-refractivity contribution in [2.24, 2.45) is 0 Å². The van der Waals surface area contributed by atoms with Gasteiger partial charge in [-0.3, -0.25) is 9.59 Å². The van der Waals surface area contributed by atoms with Crippen molar-refractivity contribution in [1.29, 1.82) is 0 Å². The molecule has 7 nitrogen and oxygen atoms in total. The lowest BCUT2D eigenvalue weighted by atomic mass is 9.86. The summed E-state index contributed by atoms with van der Waals surface area (Å²) in [4.78, 5) is 28.5. The van der Waals surface area contributed by atoms with Gasteiger partial charge in [0.05, 0.1) is 13.7 Å². The molecule has 3 N–H and O–H groups in total. The van der Waals surface area contributed by atoms with E-state index in [2.05, 4.69) is 10.3 Å². The van der Waals surface area contributed by atoms with E-state index in [9.17, 15) is 14.7 Å². The van der Waals surface area contributed by atoms with Crippen LogP contribution >= 0.6 is 0 Å². The number of carbonyl (C=O) groups excluding carboxylic acids is 2. The van der Waals surface area contributed by atoms with Gasteiger partial charge in [0, 0.05) is 28.2 Å². The van der Waals surface area contributed by atoms with E-state index in [0.29, 0.717) is 28.2 Å². The highest BCUT2D eigenvalue weighted by atomic mass is 16.5. The summed E-state index contributed by atoms with van der Waals surface area (Å²) in [5, 5.41) is 13.3. The number of nitrogens with one attached hydrogen (secondary N) is 2. The zero-order valence-electron chi connectivity index (χ0n) is 14.4. The van der Waals surface area contributed by atoms with Gasteiger partial charge in [-0.15, -0.1) is 0 Å². The zero-order valence-corrected chi connectivity index (χ0v) is 14.4. The summed E-state index contributed by atoms with van der Waals surface area (Å²) in [6.45, 7) is -0.0580. The SMILES string of the molecule is COc1cc([C@H]2Oc3ccc4[nH]cc5c4c3[C@H]2C(=O)NCC5=O)ccc1O. The van der Waals surface area contributed by atoms with Gasteiger partial charge in [0.1, 0.15) is 17.8 Å². The van der Waals surface area contributed by atoms with E-state index in [-0.39, 0.29) is 24.0 Å². The van der Waals surface area contributed by atoms with Crippen LogP contribution in [-0.4, -0.2) is 35.4 Å². The van der Waals surface area contributed by atoms with Crippen molar-refractivity contribution >= 4 is 22.6 Å². The molecule has 1 amide bonds. The molecule has 0 saturated heterocycles. The van der Waals surface area contributed by atoms with Crippen molar-refractivity contribution in [3.05, 3.63) is 53.2 Å². The van der Waals surface area contributed by atoms with Gasteiger partial charge >= 0.3 is 0 Å². The van der Waals surface area contributed by atoms with E-state index in [0.717, 1.165) is 10.9 Å². The lowest BCUT2D eigenvalue weighted by Crippen LogP contribution is -2.36. The molecule has 7 heteroatoms. The summed E-state index contributed by atoms with van der Waals surface area (Å²) in [6, 6.07) is 8.55. The van der Waals surface area contributed by atoms with Crippen LogP contribution in [0.25, 0.3) is 10.9 Å². The second kappa shape index (κ2) is 5.51. The lowest BCUT2D eigenvalue weighted by Gasteiger charge is -2.21. The largest absolute Gasteiger partial charge is 0.504 e. The molecule has 3 heterocycles. The van der Waals surface area contributed by atoms with Gasteiger partial charge in [0.2, 0.25) is 5.91 Å². The first-order valence-corrected chi connectivity index (χ1v) is 8.57. The van der Waals surface area contributed by atoms with Gasteiger partial charge in [-0.05, 0) is 29.8 Å². The molecule has 2 aliphatic rings. The van der Waals surface area contributed by atoms with Crippen molar-refractivity contribution in [3.63, 3.8) is 0 Å². The van der Waals surface area contributed by atoms with Crippen LogP contribution in [-0.2, 0) is 4.79 Å². The van der Waals surface area contributed by atoms with Crippen LogP contribution in [0, 0.1) is 0 Å². The Morgan fingerprint density at radius 1 is 1.22 bits per heavy atom. The first kappa shape index (κ1) is 15.7. The number of Topliss-reactive ketones (excluding diaryl/α,β-unsaturated/α-hetero) is 1.